The number of halogens is 4. The van der Waals surface area contributed by atoms with Gasteiger partial charge in [-0.3, -0.25) is 0 Å². The Balaban J connectivity index is 0.00000169. The minimum absolute atomic E-state index is 0. The van der Waals surface area contributed by atoms with Crippen molar-refractivity contribution in [3.8, 4) is 0 Å². The largest absolute Gasteiger partial charge is 0.324 e. The molecule has 0 aromatic heterocycles. The number of hydrogen-bond donors (Lipinski definition) is 1. The Morgan fingerprint density at radius 1 is 1.21 bits per heavy atom. The van der Waals surface area contributed by atoms with Crippen LogP contribution in [0.1, 0.15) is 18.0 Å². The third-order valence-electron chi connectivity index (χ3n) is 1.73. The third kappa shape index (κ3) is 4.22. The Morgan fingerprint density at radius 3 is 2.14 bits per heavy atom. The molecule has 14 heavy (non-hydrogen) atoms. The Hall–Kier alpha value is -0.380. The van der Waals surface area contributed by atoms with Crippen molar-refractivity contribution in [1.82, 2.24) is 0 Å². The number of nitrogens with two attached hydrogens (primary N) is 1. The van der Waals surface area contributed by atoms with Gasteiger partial charge in [-0.05, 0) is 17.7 Å². The van der Waals surface area contributed by atoms with Gasteiger partial charge in [0.2, 0.25) is 6.43 Å². The van der Waals surface area contributed by atoms with Crippen LogP contribution >= 0.6 is 24.0 Å². The molecule has 0 aliphatic rings. The van der Waals surface area contributed by atoms with Crippen LogP contribution in [0, 0.1) is 0 Å². The summed E-state index contributed by atoms with van der Waals surface area (Å²) in [6.07, 6.45) is -2.69. The summed E-state index contributed by atoms with van der Waals surface area (Å²) < 4.78 is 23.9. The van der Waals surface area contributed by atoms with E-state index in [9.17, 15) is 8.78 Å². The second kappa shape index (κ2) is 6.17. The van der Waals surface area contributed by atoms with Crippen LogP contribution in [0.15, 0.2) is 24.3 Å². The first-order valence-electron chi connectivity index (χ1n) is 3.89. The Kier molecular flexibility index (Phi) is 6.00. The topological polar surface area (TPSA) is 26.0 Å². The Morgan fingerprint density at radius 2 is 1.71 bits per heavy atom. The smallest absolute Gasteiger partial charge is 0.240 e. The van der Waals surface area contributed by atoms with Gasteiger partial charge < -0.3 is 5.73 Å². The van der Waals surface area contributed by atoms with Crippen LogP contribution in [-0.4, -0.2) is 6.43 Å². The van der Waals surface area contributed by atoms with Crippen LogP contribution in [0.3, 0.4) is 0 Å². The highest BCUT2D eigenvalue weighted by Gasteiger charge is 2.12. The van der Waals surface area contributed by atoms with Gasteiger partial charge in [0.25, 0.3) is 0 Å². The summed E-state index contributed by atoms with van der Waals surface area (Å²) in [4.78, 5) is 0. The predicted molar refractivity (Wildman–Crippen MR) is 56.2 cm³/mol. The monoisotopic (exact) mass is 241 g/mol. The van der Waals surface area contributed by atoms with E-state index in [0.717, 1.165) is 0 Å². The molecule has 0 heterocycles. The van der Waals surface area contributed by atoms with Gasteiger partial charge in [0, 0.05) is 17.5 Å². The van der Waals surface area contributed by atoms with E-state index in [-0.39, 0.29) is 18.8 Å². The first-order chi connectivity index (χ1) is 6.09. The van der Waals surface area contributed by atoms with Crippen molar-refractivity contribution < 1.29 is 8.78 Å². The number of hydrogen-bond acceptors (Lipinski definition) is 1. The van der Waals surface area contributed by atoms with Crippen LogP contribution < -0.4 is 5.73 Å². The van der Waals surface area contributed by atoms with Crippen molar-refractivity contribution in [2.24, 2.45) is 5.73 Å². The third-order valence-corrected chi connectivity index (χ3v) is 1.98. The van der Waals surface area contributed by atoms with Gasteiger partial charge in [-0.2, -0.15) is 0 Å². The molecule has 1 rings (SSSR count). The molecular weight excluding hydrogens is 231 g/mol. The molecule has 0 aliphatic heterocycles. The summed E-state index contributed by atoms with van der Waals surface area (Å²) in [5, 5.41) is 0.577. The van der Waals surface area contributed by atoms with Gasteiger partial charge in [-0.1, -0.05) is 23.7 Å². The molecule has 0 radical (unpaired) electrons. The van der Waals surface area contributed by atoms with Crippen molar-refractivity contribution >= 4 is 24.0 Å². The highest BCUT2D eigenvalue weighted by atomic mass is 35.5. The van der Waals surface area contributed by atoms with Crippen molar-refractivity contribution in [3.63, 3.8) is 0 Å². The number of rotatable bonds is 3. The fraction of sp³-hybridized carbons (Fsp3) is 0.333. The summed E-state index contributed by atoms with van der Waals surface area (Å²) in [6.45, 7) is 0. The molecule has 0 saturated carbocycles. The highest BCUT2D eigenvalue weighted by molar-refractivity contribution is 6.30. The second-order valence-electron chi connectivity index (χ2n) is 2.78. The van der Waals surface area contributed by atoms with E-state index in [4.69, 9.17) is 17.3 Å². The minimum atomic E-state index is -2.37. The van der Waals surface area contributed by atoms with Crippen LogP contribution in [0.25, 0.3) is 0 Å². The minimum Gasteiger partial charge on any atom is -0.324 e. The summed E-state index contributed by atoms with van der Waals surface area (Å²) in [7, 11) is 0. The summed E-state index contributed by atoms with van der Waals surface area (Å²) in [6, 6.07) is 5.99. The molecule has 0 amide bonds. The molecule has 1 aromatic carbocycles. The molecule has 1 aromatic rings. The molecule has 1 nitrogen and oxygen atoms in total. The normalized spacial score (nSPS) is 12.4. The molecule has 80 valence electrons. The second-order valence-corrected chi connectivity index (χ2v) is 3.22. The van der Waals surface area contributed by atoms with Gasteiger partial charge >= 0.3 is 0 Å². The quantitative estimate of drug-likeness (QED) is 0.863. The average Bonchev–Trinajstić information content (AvgIpc) is 2.04. The Labute approximate surface area is 92.7 Å². The zero-order valence-corrected chi connectivity index (χ0v) is 8.86. The average molecular weight is 242 g/mol. The molecular formula is C9H11Cl2F2N. The van der Waals surface area contributed by atoms with E-state index >= 15 is 0 Å². The van der Waals surface area contributed by atoms with Crippen LogP contribution in [-0.2, 0) is 0 Å². The SMILES string of the molecule is Cl.N[C@@H](CC(F)F)c1ccc(Cl)cc1. The molecule has 0 fully saturated rings. The van der Waals surface area contributed by atoms with Crippen molar-refractivity contribution in [2.45, 2.75) is 18.9 Å². The van der Waals surface area contributed by atoms with E-state index in [1.807, 2.05) is 0 Å². The first kappa shape index (κ1) is 13.6. The van der Waals surface area contributed by atoms with E-state index in [1.54, 1.807) is 24.3 Å². The zero-order chi connectivity index (χ0) is 9.84. The molecule has 0 aliphatic carbocycles. The van der Waals surface area contributed by atoms with Crippen molar-refractivity contribution in [3.05, 3.63) is 34.9 Å². The molecule has 0 saturated heterocycles. The maximum Gasteiger partial charge on any atom is 0.240 e. The van der Waals surface area contributed by atoms with Crippen LogP contribution in [0.2, 0.25) is 5.02 Å². The van der Waals surface area contributed by atoms with E-state index in [0.29, 0.717) is 10.6 Å². The molecule has 0 spiro atoms. The predicted octanol–water partition coefficient (Wildman–Crippen LogP) is 3.42. The molecule has 5 heteroatoms. The molecule has 0 bridgehead atoms. The van der Waals surface area contributed by atoms with Crippen molar-refractivity contribution in [1.29, 1.82) is 0 Å². The molecule has 1 atom stereocenters. The van der Waals surface area contributed by atoms with E-state index in [1.165, 1.54) is 0 Å². The molecule has 2 N–H and O–H groups in total. The fourth-order valence-electron chi connectivity index (χ4n) is 1.04. The molecule has 0 unspecified atom stereocenters. The fourth-order valence-corrected chi connectivity index (χ4v) is 1.16. The van der Waals surface area contributed by atoms with E-state index in [2.05, 4.69) is 0 Å². The summed E-state index contributed by atoms with van der Waals surface area (Å²) >= 11 is 5.63. The summed E-state index contributed by atoms with van der Waals surface area (Å²) in [5.41, 5.74) is 6.21. The van der Waals surface area contributed by atoms with Gasteiger partial charge in [-0.25, -0.2) is 8.78 Å². The van der Waals surface area contributed by atoms with Crippen LogP contribution in [0.5, 0.6) is 0 Å². The Bertz CT molecular complexity index is 264. The zero-order valence-electron chi connectivity index (χ0n) is 7.29. The maximum absolute atomic E-state index is 11.9. The van der Waals surface area contributed by atoms with Gasteiger partial charge in [-0.15, -0.1) is 12.4 Å². The van der Waals surface area contributed by atoms with Crippen LogP contribution in [0.4, 0.5) is 8.78 Å². The lowest BCUT2D eigenvalue weighted by Crippen LogP contribution is -2.13. The van der Waals surface area contributed by atoms with Gasteiger partial charge in [0.05, 0.1) is 0 Å². The summed E-state index contributed by atoms with van der Waals surface area (Å²) in [5.74, 6) is 0. The maximum atomic E-state index is 11.9. The van der Waals surface area contributed by atoms with Gasteiger partial charge in [0.1, 0.15) is 0 Å². The van der Waals surface area contributed by atoms with Crippen molar-refractivity contribution in [2.75, 3.05) is 0 Å². The lowest BCUT2D eigenvalue weighted by Gasteiger charge is -2.10. The lowest BCUT2D eigenvalue weighted by atomic mass is 10.1. The lowest BCUT2D eigenvalue weighted by molar-refractivity contribution is 0.128. The standard InChI is InChI=1S/C9H10ClF2N.ClH/c10-7-3-1-6(2-4-7)8(13)5-9(11)12;/h1-4,8-9H,5,13H2;1H/t8-;/m0./s1. The highest BCUT2D eigenvalue weighted by Crippen LogP contribution is 2.19. The number of benzene rings is 1. The van der Waals surface area contributed by atoms with E-state index < -0.39 is 12.5 Å². The first-order valence-corrected chi connectivity index (χ1v) is 4.26. The van der Waals surface area contributed by atoms with Gasteiger partial charge in [0.15, 0.2) is 0 Å². The number of alkyl halides is 2.